The largest absolute Gasteiger partial charge is 0.458 e. The first-order valence-electron chi connectivity index (χ1n) is 9.81. The second-order valence-corrected chi connectivity index (χ2v) is 9.10. The number of para-hydroxylation sites is 1. The van der Waals surface area contributed by atoms with E-state index >= 15 is 0 Å². The van der Waals surface area contributed by atoms with Crippen LogP contribution in [-0.2, 0) is 22.7 Å². The molecule has 0 radical (unpaired) electrons. The van der Waals surface area contributed by atoms with Gasteiger partial charge in [-0.05, 0) is 24.6 Å². The zero-order valence-electron chi connectivity index (χ0n) is 17.0. The molecule has 0 spiro atoms. The van der Waals surface area contributed by atoms with Gasteiger partial charge >= 0.3 is 10.8 Å². The molecule has 2 aromatic carbocycles. The molecular weight excluding hydrogens is 446 g/mol. The lowest BCUT2D eigenvalue weighted by Crippen LogP contribution is -2.22. The summed E-state index contributed by atoms with van der Waals surface area (Å²) in [6, 6.07) is 16.7. The molecule has 160 valence electrons. The third kappa shape index (κ3) is 3.76. The fourth-order valence-corrected chi connectivity index (χ4v) is 5.27. The van der Waals surface area contributed by atoms with Gasteiger partial charge in [-0.25, -0.2) is 4.98 Å². The number of thiazole rings is 2. The highest BCUT2D eigenvalue weighted by Crippen LogP contribution is 2.24. The lowest BCUT2D eigenvalue weighted by Gasteiger charge is -2.09. The number of rotatable bonds is 5. The van der Waals surface area contributed by atoms with Crippen LogP contribution in [0.2, 0.25) is 0 Å². The molecule has 5 rings (SSSR count). The number of aromatic nitrogens is 3. The van der Waals surface area contributed by atoms with Crippen molar-refractivity contribution < 1.29 is 9.53 Å². The van der Waals surface area contributed by atoms with Gasteiger partial charge < -0.3 is 4.74 Å². The van der Waals surface area contributed by atoms with Crippen molar-refractivity contribution in [3.8, 4) is 11.3 Å². The monoisotopic (exact) mass is 463 g/mol. The van der Waals surface area contributed by atoms with Crippen LogP contribution >= 0.6 is 22.7 Å². The van der Waals surface area contributed by atoms with Crippen molar-refractivity contribution >= 4 is 43.8 Å². The first-order chi connectivity index (χ1) is 15.5. The first kappa shape index (κ1) is 20.3. The van der Waals surface area contributed by atoms with Gasteiger partial charge in [0.1, 0.15) is 13.2 Å². The molecule has 0 saturated carbocycles. The lowest BCUT2D eigenvalue weighted by atomic mass is 10.1. The van der Waals surface area contributed by atoms with Gasteiger partial charge in [-0.3, -0.25) is 23.4 Å². The van der Waals surface area contributed by atoms with Crippen LogP contribution in [0, 0.1) is 6.92 Å². The minimum atomic E-state index is -0.572. The SMILES string of the molecule is Cc1ccc(-c2csc(=O)n2CC(=O)OCc2cc(=O)n3c(n2)sc2ccccc23)cc1. The Hall–Kier alpha value is -3.56. The molecule has 3 aromatic heterocycles. The normalized spacial score (nSPS) is 11.3. The van der Waals surface area contributed by atoms with Gasteiger partial charge in [0.25, 0.3) is 5.56 Å². The van der Waals surface area contributed by atoms with Crippen molar-refractivity contribution in [3.05, 3.63) is 91.3 Å². The highest BCUT2D eigenvalue weighted by atomic mass is 32.1. The van der Waals surface area contributed by atoms with Crippen LogP contribution in [0.1, 0.15) is 11.3 Å². The maximum atomic E-state index is 12.6. The number of benzene rings is 2. The number of nitrogens with zero attached hydrogens (tertiary/aromatic N) is 3. The van der Waals surface area contributed by atoms with Crippen LogP contribution in [-0.4, -0.2) is 19.9 Å². The van der Waals surface area contributed by atoms with Crippen LogP contribution in [0.5, 0.6) is 0 Å². The minimum absolute atomic E-state index is 0.141. The molecule has 32 heavy (non-hydrogen) atoms. The smallest absolute Gasteiger partial charge is 0.326 e. The fraction of sp³-hybridized carbons (Fsp3) is 0.130. The van der Waals surface area contributed by atoms with E-state index in [9.17, 15) is 14.4 Å². The predicted octanol–water partition coefficient (Wildman–Crippen LogP) is 3.85. The highest BCUT2D eigenvalue weighted by Gasteiger charge is 2.15. The molecule has 0 amide bonds. The Bertz CT molecular complexity index is 1580. The number of ether oxygens (including phenoxy) is 1. The Morgan fingerprint density at radius 1 is 1.09 bits per heavy atom. The number of carbonyl (C=O) groups excluding carboxylic acids is 1. The Morgan fingerprint density at radius 3 is 2.69 bits per heavy atom. The number of carbonyl (C=O) groups is 1. The van der Waals surface area contributed by atoms with E-state index in [4.69, 9.17) is 4.74 Å². The van der Waals surface area contributed by atoms with Crippen molar-refractivity contribution in [2.45, 2.75) is 20.1 Å². The summed E-state index contributed by atoms with van der Waals surface area (Å²) in [5, 5.41) is 1.73. The molecular formula is C23H17N3O4S2. The Morgan fingerprint density at radius 2 is 1.88 bits per heavy atom. The van der Waals surface area contributed by atoms with E-state index in [-0.39, 0.29) is 23.6 Å². The lowest BCUT2D eigenvalue weighted by molar-refractivity contribution is -0.145. The van der Waals surface area contributed by atoms with Crippen LogP contribution < -0.4 is 10.4 Å². The predicted molar refractivity (Wildman–Crippen MR) is 125 cm³/mol. The summed E-state index contributed by atoms with van der Waals surface area (Å²) >= 11 is 2.43. The van der Waals surface area contributed by atoms with Gasteiger partial charge in [0.2, 0.25) is 0 Å². The Kier molecular flexibility index (Phi) is 5.20. The maximum absolute atomic E-state index is 12.6. The van der Waals surface area contributed by atoms with Crippen LogP contribution in [0.3, 0.4) is 0 Å². The maximum Gasteiger partial charge on any atom is 0.326 e. The molecule has 0 saturated heterocycles. The fourth-order valence-electron chi connectivity index (χ4n) is 3.46. The summed E-state index contributed by atoms with van der Waals surface area (Å²) in [6.07, 6.45) is 0. The molecule has 0 aliphatic heterocycles. The number of esters is 1. The van der Waals surface area contributed by atoms with Crippen molar-refractivity contribution in [2.24, 2.45) is 0 Å². The third-order valence-corrected chi connectivity index (χ3v) is 6.83. The molecule has 0 aliphatic rings. The summed E-state index contributed by atoms with van der Waals surface area (Å²) in [6.45, 7) is 1.63. The van der Waals surface area contributed by atoms with Crippen molar-refractivity contribution in [1.82, 2.24) is 14.0 Å². The summed E-state index contributed by atoms with van der Waals surface area (Å²) < 4.78 is 9.24. The quantitative estimate of drug-likeness (QED) is 0.370. The second kappa shape index (κ2) is 8.18. The van der Waals surface area contributed by atoms with E-state index in [2.05, 4.69) is 4.98 Å². The van der Waals surface area contributed by atoms with Gasteiger partial charge in [0, 0.05) is 11.4 Å². The molecule has 5 aromatic rings. The van der Waals surface area contributed by atoms with E-state index < -0.39 is 5.97 Å². The molecule has 0 fully saturated rings. The van der Waals surface area contributed by atoms with Crippen molar-refractivity contribution in [1.29, 1.82) is 0 Å². The van der Waals surface area contributed by atoms with E-state index in [0.29, 0.717) is 16.3 Å². The zero-order valence-corrected chi connectivity index (χ0v) is 18.6. The van der Waals surface area contributed by atoms with Gasteiger partial charge in [-0.2, -0.15) is 0 Å². The summed E-state index contributed by atoms with van der Waals surface area (Å²) in [4.78, 5) is 42.1. The molecule has 0 aliphatic carbocycles. The molecule has 0 atom stereocenters. The van der Waals surface area contributed by atoms with Crippen molar-refractivity contribution in [3.63, 3.8) is 0 Å². The van der Waals surface area contributed by atoms with E-state index in [1.807, 2.05) is 55.5 Å². The average Bonchev–Trinajstić information content (AvgIpc) is 3.33. The number of fused-ring (bicyclic) bond motifs is 3. The van der Waals surface area contributed by atoms with E-state index in [1.54, 1.807) is 9.78 Å². The molecule has 0 N–H and O–H groups in total. The average molecular weight is 464 g/mol. The van der Waals surface area contributed by atoms with Crippen LogP contribution in [0.15, 0.2) is 69.6 Å². The van der Waals surface area contributed by atoms with E-state index in [0.717, 1.165) is 32.7 Å². The van der Waals surface area contributed by atoms with Gasteiger partial charge in [-0.1, -0.05) is 64.6 Å². The number of hydrogen-bond donors (Lipinski definition) is 0. The Balaban J connectivity index is 1.35. The first-order valence-corrected chi connectivity index (χ1v) is 11.5. The standard InChI is InChI=1S/C23H17N3O4S2/c1-14-6-8-15(9-7-14)18-13-31-23(29)25(18)11-21(28)30-12-16-10-20(27)26-17-4-2-3-5-19(17)32-22(26)24-16/h2-10,13H,11-12H2,1H3. The number of hydrogen-bond acceptors (Lipinski definition) is 7. The van der Waals surface area contributed by atoms with Gasteiger partial charge in [0.05, 0.1) is 21.6 Å². The second-order valence-electron chi connectivity index (χ2n) is 7.27. The summed E-state index contributed by atoms with van der Waals surface area (Å²) in [5.74, 6) is -0.572. The number of aryl methyl sites for hydroxylation is 1. The molecule has 0 bridgehead atoms. The zero-order chi connectivity index (χ0) is 22.2. The molecule has 7 nitrogen and oxygen atoms in total. The Labute approximate surface area is 189 Å². The third-order valence-electron chi connectivity index (χ3n) is 5.05. The van der Waals surface area contributed by atoms with Gasteiger partial charge in [0.15, 0.2) is 4.96 Å². The summed E-state index contributed by atoms with van der Waals surface area (Å²) in [7, 11) is 0. The van der Waals surface area contributed by atoms with Crippen LogP contribution in [0.25, 0.3) is 26.4 Å². The summed E-state index contributed by atoms with van der Waals surface area (Å²) in [5.41, 5.74) is 3.57. The molecule has 9 heteroatoms. The minimum Gasteiger partial charge on any atom is -0.458 e. The van der Waals surface area contributed by atoms with Crippen LogP contribution in [0.4, 0.5) is 0 Å². The molecule has 3 heterocycles. The van der Waals surface area contributed by atoms with E-state index in [1.165, 1.54) is 22.0 Å². The van der Waals surface area contributed by atoms with Crippen molar-refractivity contribution in [2.75, 3.05) is 0 Å². The highest BCUT2D eigenvalue weighted by molar-refractivity contribution is 7.23. The topological polar surface area (TPSA) is 82.7 Å². The van der Waals surface area contributed by atoms with Gasteiger partial charge in [-0.15, -0.1) is 0 Å². The molecule has 0 unspecified atom stereocenters.